The van der Waals surface area contributed by atoms with Crippen molar-refractivity contribution in [1.82, 2.24) is 0 Å². The summed E-state index contributed by atoms with van der Waals surface area (Å²) < 4.78 is 10.7. The van der Waals surface area contributed by atoms with Crippen LogP contribution in [0.4, 0.5) is 0 Å². The number of hydrogen-bond acceptors (Lipinski definition) is 3. The number of Topliss-reactive ketones (excluding diaryl/α,β-unsaturated/α-hetero) is 1. The summed E-state index contributed by atoms with van der Waals surface area (Å²) in [6.07, 6.45) is -0.377. The first-order valence-corrected chi connectivity index (χ1v) is 6.63. The second kappa shape index (κ2) is 6.53. The highest BCUT2D eigenvalue weighted by atomic mass is 35.5. The van der Waals surface area contributed by atoms with Crippen molar-refractivity contribution >= 4 is 29.0 Å². The molecule has 0 spiro atoms. The molecule has 1 atom stereocenters. The average molecular weight is 289 g/mol. The molecule has 2 rings (SSSR count). The van der Waals surface area contributed by atoms with Crippen LogP contribution in [0.3, 0.4) is 0 Å². The molecule has 18 heavy (non-hydrogen) atoms. The largest absolute Gasteiger partial charge is 0.349 e. The quantitative estimate of drug-likeness (QED) is 0.631. The second-order valence-corrected chi connectivity index (χ2v) is 5.32. The molecule has 1 saturated heterocycles. The summed E-state index contributed by atoms with van der Waals surface area (Å²) in [6.45, 7) is 0.796. The number of alkyl halides is 2. The third-order valence-electron chi connectivity index (χ3n) is 2.65. The Hall–Kier alpha value is -0.610. The van der Waals surface area contributed by atoms with E-state index in [2.05, 4.69) is 0 Å². The predicted octanol–water partition coefficient (Wildman–Crippen LogP) is 2.85. The van der Waals surface area contributed by atoms with E-state index in [0.29, 0.717) is 18.8 Å². The molecule has 98 valence electrons. The van der Waals surface area contributed by atoms with E-state index in [-0.39, 0.29) is 17.6 Å². The van der Waals surface area contributed by atoms with Gasteiger partial charge in [-0.1, -0.05) is 30.3 Å². The van der Waals surface area contributed by atoms with Gasteiger partial charge in [0.2, 0.25) is 0 Å². The van der Waals surface area contributed by atoms with Crippen molar-refractivity contribution in [3.05, 3.63) is 35.9 Å². The topological polar surface area (TPSA) is 35.5 Å². The van der Waals surface area contributed by atoms with Gasteiger partial charge in [0.15, 0.2) is 12.1 Å². The standard InChI is InChI=1S/C13H14Cl2O3/c14-10-7-17-13(18-8-10)11(15)6-12(16)9-4-2-1-3-5-9/h1-5,10-11,13H,6-8H2. The maximum Gasteiger partial charge on any atom is 0.174 e. The van der Waals surface area contributed by atoms with Crippen LogP contribution in [0.2, 0.25) is 0 Å². The van der Waals surface area contributed by atoms with Crippen molar-refractivity contribution in [3.8, 4) is 0 Å². The SMILES string of the molecule is O=C(CC(Cl)C1OCC(Cl)CO1)c1ccccc1. The van der Waals surface area contributed by atoms with Gasteiger partial charge in [0, 0.05) is 12.0 Å². The molecule has 1 fully saturated rings. The molecule has 5 heteroatoms. The van der Waals surface area contributed by atoms with Crippen LogP contribution in [0, 0.1) is 0 Å². The molecule has 1 aliphatic heterocycles. The Balaban J connectivity index is 1.87. The summed E-state index contributed by atoms with van der Waals surface area (Å²) in [4.78, 5) is 11.9. The number of ether oxygens (including phenoxy) is 2. The zero-order chi connectivity index (χ0) is 13.0. The molecule has 0 aromatic heterocycles. The van der Waals surface area contributed by atoms with Gasteiger partial charge in [0.05, 0.1) is 24.0 Å². The fourth-order valence-electron chi connectivity index (χ4n) is 1.72. The van der Waals surface area contributed by atoms with E-state index in [0.717, 1.165) is 0 Å². The lowest BCUT2D eigenvalue weighted by atomic mass is 10.1. The molecule has 1 heterocycles. The highest BCUT2D eigenvalue weighted by Gasteiger charge is 2.28. The third-order valence-corrected chi connectivity index (χ3v) is 3.27. The molecule has 0 bridgehead atoms. The second-order valence-electron chi connectivity index (χ2n) is 4.14. The van der Waals surface area contributed by atoms with Crippen LogP contribution in [0.1, 0.15) is 16.8 Å². The van der Waals surface area contributed by atoms with Crippen LogP contribution in [0.5, 0.6) is 0 Å². The van der Waals surface area contributed by atoms with Gasteiger partial charge in [-0.3, -0.25) is 4.79 Å². The number of carbonyl (C=O) groups excluding carboxylic acids is 1. The lowest BCUT2D eigenvalue weighted by molar-refractivity contribution is -0.176. The minimum Gasteiger partial charge on any atom is -0.349 e. The number of benzene rings is 1. The molecule has 1 aromatic rings. The molecular formula is C13H14Cl2O3. The number of hydrogen-bond donors (Lipinski definition) is 0. The maximum absolute atomic E-state index is 11.9. The monoisotopic (exact) mass is 288 g/mol. The van der Waals surface area contributed by atoms with E-state index >= 15 is 0 Å². The van der Waals surface area contributed by atoms with Gasteiger partial charge in [-0.25, -0.2) is 0 Å². The van der Waals surface area contributed by atoms with Crippen LogP contribution in [-0.2, 0) is 9.47 Å². The molecule has 3 nitrogen and oxygen atoms in total. The molecule has 0 aliphatic carbocycles. The van der Waals surface area contributed by atoms with Gasteiger partial charge in [-0.05, 0) is 0 Å². The van der Waals surface area contributed by atoms with E-state index in [9.17, 15) is 4.79 Å². The van der Waals surface area contributed by atoms with Crippen LogP contribution in [0.15, 0.2) is 30.3 Å². The van der Waals surface area contributed by atoms with Crippen molar-refractivity contribution < 1.29 is 14.3 Å². The summed E-state index contributed by atoms with van der Waals surface area (Å²) >= 11 is 12.0. The van der Waals surface area contributed by atoms with Crippen LogP contribution < -0.4 is 0 Å². The fraction of sp³-hybridized carbons (Fsp3) is 0.462. The van der Waals surface area contributed by atoms with Crippen molar-refractivity contribution in [3.63, 3.8) is 0 Å². The Morgan fingerprint density at radius 3 is 2.50 bits per heavy atom. The Bertz CT molecular complexity index is 388. The van der Waals surface area contributed by atoms with Gasteiger partial charge >= 0.3 is 0 Å². The number of halogens is 2. The summed E-state index contributed by atoms with van der Waals surface area (Å²) in [6, 6.07) is 9.04. The lowest BCUT2D eigenvalue weighted by Gasteiger charge is -2.29. The van der Waals surface area contributed by atoms with E-state index in [4.69, 9.17) is 32.7 Å². The van der Waals surface area contributed by atoms with Crippen LogP contribution in [-0.4, -0.2) is 36.0 Å². The molecule has 0 amide bonds. The molecule has 1 aromatic carbocycles. The van der Waals surface area contributed by atoms with E-state index in [1.807, 2.05) is 18.2 Å². The molecular weight excluding hydrogens is 275 g/mol. The van der Waals surface area contributed by atoms with E-state index in [1.165, 1.54) is 0 Å². The molecule has 1 unspecified atom stereocenters. The Morgan fingerprint density at radius 1 is 1.28 bits per heavy atom. The molecule has 0 saturated carbocycles. The van der Waals surface area contributed by atoms with Gasteiger partial charge in [0.1, 0.15) is 0 Å². The maximum atomic E-state index is 11.9. The normalized spacial score (nSPS) is 25.7. The first kappa shape index (κ1) is 13.8. The van der Waals surface area contributed by atoms with E-state index < -0.39 is 11.7 Å². The Kier molecular flexibility index (Phi) is 5.01. The summed E-state index contributed by atoms with van der Waals surface area (Å²) in [7, 11) is 0. The number of ketones is 1. The van der Waals surface area contributed by atoms with Crippen LogP contribution >= 0.6 is 23.2 Å². The third kappa shape index (κ3) is 3.69. The first-order chi connectivity index (χ1) is 8.66. The average Bonchev–Trinajstić information content (AvgIpc) is 2.40. The zero-order valence-electron chi connectivity index (χ0n) is 9.72. The summed E-state index contributed by atoms with van der Waals surface area (Å²) in [5.41, 5.74) is 0.647. The van der Waals surface area contributed by atoms with Crippen LogP contribution in [0.25, 0.3) is 0 Å². The van der Waals surface area contributed by atoms with E-state index in [1.54, 1.807) is 12.1 Å². The van der Waals surface area contributed by atoms with Crippen molar-refractivity contribution in [2.45, 2.75) is 23.5 Å². The Labute approximate surface area is 116 Å². The van der Waals surface area contributed by atoms with Crippen molar-refractivity contribution in [2.75, 3.05) is 13.2 Å². The highest BCUT2D eigenvalue weighted by Crippen LogP contribution is 2.20. The lowest BCUT2D eigenvalue weighted by Crippen LogP contribution is -2.39. The minimum absolute atomic E-state index is 0.0178. The van der Waals surface area contributed by atoms with Crippen molar-refractivity contribution in [2.24, 2.45) is 0 Å². The predicted molar refractivity (Wildman–Crippen MR) is 70.4 cm³/mol. The number of carbonyl (C=O) groups is 1. The summed E-state index contributed by atoms with van der Waals surface area (Å²) in [5, 5.41) is -0.642. The molecule has 0 N–H and O–H groups in total. The Morgan fingerprint density at radius 2 is 1.89 bits per heavy atom. The zero-order valence-corrected chi connectivity index (χ0v) is 11.2. The van der Waals surface area contributed by atoms with Gasteiger partial charge < -0.3 is 9.47 Å². The minimum atomic E-state index is -0.561. The summed E-state index contributed by atoms with van der Waals surface area (Å²) in [5.74, 6) is -0.0178. The molecule has 1 aliphatic rings. The van der Waals surface area contributed by atoms with Gasteiger partial charge in [0.25, 0.3) is 0 Å². The number of rotatable bonds is 4. The fourth-order valence-corrected chi connectivity index (χ4v) is 2.15. The van der Waals surface area contributed by atoms with Gasteiger partial charge in [-0.15, -0.1) is 23.2 Å². The van der Waals surface area contributed by atoms with Crippen molar-refractivity contribution in [1.29, 1.82) is 0 Å². The smallest absolute Gasteiger partial charge is 0.174 e. The van der Waals surface area contributed by atoms with Gasteiger partial charge in [-0.2, -0.15) is 0 Å². The molecule has 0 radical (unpaired) electrons. The highest BCUT2D eigenvalue weighted by molar-refractivity contribution is 6.23. The first-order valence-electron chi connectivity index (χ1n) is 5.76.